The molecular weight excluding hydrogens is 307 g/mol. The van der Waals surface area contributed by atoms with Crippen LogP contribution < -0.4 is 9.47 Å². The van der Waals surface area contributed by atoms with E-state index >= 15 is 0 Å². The van der Waals surface area contributed by atoms with Crippen molar-refractivity contribution in [2.45, 2.75) is 47.5 Å². The minimum atomic E-state index is -0.0548. The van der Waals surface area contributed by atoms with Gasteiger partial charge in [0.15, 0.2) is 5.78 Å². The molecule has 0 amide bonds. The van der Waals surface area contributed by atoms with Crippen LogP contribution in [0.3, 0.4) is 0 Å². The van der Waals surface area contributed by atoms with Crippen LogP contribution in [-0.2, 0) is 0 Å². The molecule has 0 spiro atoms. The van der Waals surface area contributed by atoms with Gasteiger partial charge in [0.2, 0.25) is 0 Å². The van der Waals surface area contributed by atoms with Gasteiger partial charge in [0.1, 0.15) is 17.1 Å². The van der Waals surface area contributed by atoms with E-state index in [1.165, 1.54) is 0 Å². The molecule has 0 N–H and O–H groups in total. The van der Waals surface area contributed by atoms with E-state index in [0.717, 1.165) is 23.7 Å². The minimum Gasteiger partial charge on any atom is -0.496 e. The first kappa shape index (κ1) is 20.0. The molecule has 130 valence electrons. The van der Waals surface area contributed by atoms with Gasteiger partial charge in [-0.15, -0.1) is 9.24 Å². The summed E-state index contributed by atoms with van der Waals surface area (Å²) in [5, 5.41) is 0. The van der Waals surface area contributed by atoms with Crippen LogP contribution in [0.15, 0.2) is 6.07 Å². The molecule has 1 aromatic rings. The van der Waals surface area contributed by atoms with Crippen molar-refractivity contribution in [3.8, 4) is 11.5 Å². The molecule has 2 atom stereocenters. The summed E-state index contributed by atoms with van der Waals surface area (Å²) < 4.78 is 11.0. The van der Waals surface area contributed by atoms with E-state index in [9.17, 15) is 4.79 Å². The summed E-state index contributed by atoms with van der Waals surface area (Å²) in [5.41, 5.74) is 2.45. The molecule has 0 saturated carbocycles. The fourth-order valence-electron chi connectivity index (χ4n) is 3.35. The Balaban J connectivity index is 3.22. The third kappa shape index (κ3) is 4.94. The number of methoxy groups -OCH3 is 2. The van der Waals surface area contributed by atoms with E-state index in [1.807, 2.05) is 19.9 Å². The Bertz CT molecular complexity index is 536. The van der Waals surface area contributed by atoms with Gasteiger partial charge < -0.3 is 9.47 Å². The van der Waals surface area contributed by atoms with Crippen molar-refractivity contribution in [3.63, 3.8) is 0 Å². The van der Waals surface area contributed by atoms with Crippen molar-refractivity contribution >= 4 is 15.0 Å². The fourth-order valence-corrected chi connectivity index (χ4v) is 3.52. The summed E-state index contributed by atoms with van der Waals surface area (Å²) in [7, 11) is 6.00. The van der Waals surface area contributed by atoms with Crippen LogP contribution in [0.4, 0.5) is 0 Å². The number of Topliss-reactive ketones (excluding diaryl/α,β-unsaturated/α-hetero) is 1. The Morgan fingerprint density at radius 2 is 1.65 bits per heavy atom. The number of benzene rings is 1. The lowest BCUT2D eigenvalue weighted by Gasteiger charge is -2.28. The zero-order valence-electron chi connectivity index (χ0n) is 15.6. The van der Waals surface area contributed by atoms with Crippen LogP contribution in [0, 0.1) is 25.2 Å². The maximum absolute atomic E-state index is 13.0. The second kappa shape index (κ2) is 8.15. The molecule has 23 heavy (non-hydrogen) atoms. The molecule has 0 heterocycles. The average Bonchev–Trinajstić information content (AvgIpc) is 2.45. The number of carbonyl (C=O) groups is 1. The van der Waals surface area contributed by atoms with Gasteiger partial charge in [-0.3, -0.25) is 4.79 Å². The first-order valence-corrected chi connectivity index (χ1v) is 8.94. The van der Waals surface area contributed by atoms with Crippen LogP contribution in [0.25, 0.3) is 0 Å². The lowest BCUT2D eigenvalue weighted by Crippen LogP contribution is -2.22. The molecule has 0 fully saturated rings. The Labute approximate surface area is 143 Å². The van der Waals surface area contributed by atoms with Crippen LogP contribution in [0.5, 0.6) is 11.5 Å². The second-order valence-corrected chi connectivity index (χ2v) is 7.73. The molecule has 3 nitrogen and oxygen atoms in total. The number of aryl methyl sites for hydroxylation is 2. The largest absolute Gasteiger partial charge is 0.496 e. The standard InChI is InChI=1S/C19H31O3P/c1-12(11-23)9-19(4,5)10-15(20)16-17(21-6)13(2)8-14(3)18(16)22-7/h8,12H,9-11,23H2,1-7H3. The summed E-state index contributed by atoms with van der Waals surface area (Å²) in [6.07, 6.45) is 2.54. The van der Waals surface area contributed by atoms with Crippen molar-refractivity contribution in [3.05, 3.63) is 22.8 Å². The fraction of sp³-hybridized carbons (Fsp3) is 0.632. The van der Waals surface area contributed by atoms with Crippen LogP contribution in [0.1, 0.15) is 55.1 Å². The van der Waals surface area contributed by atoms with Crippen LogP contribution in [-0.4, -0.2) is 26.2 Å². The Morgan fingerprint density at radius 3 is 2.04 bits per heavy atom. The number of hydrogen-bond donors (Lipinski definition) is 0. The Kier molecular flexibility index (Phi) is 7.07. The highest BCUT2D eigenvalue weighted by atomic mass is 31.0. The predicted molar refractivity (Wildman–Crippen MR) is 100 cm³/mol. The van der Waals surface area contributed by atoms with Crippen LogP contribution >= 0.6 is 9.24 Å². The summed E-state index contributed by atoms with van der Waals surface area (Å²) in [5.74, 6) is 1.93. The molecule has 0 aromatic heterocycles. The van der Waals surface area contributed by atoms with Crippen molar-refractivity contribution in [2.24, 2.45) is 11.3 Å². The van der Waals surface area contributed by atoms with E-state index in [2.05, 4.69) is 30.0 Å². The Hall–Kier alpha value is -1.08. The van der Waals surface area contributed by atoms with Crippen molar-refractivity contribution < 1.29 is 14.3 Å². The topological polar surface area (TPSA) is 35.5 Å². The van der Waals surface area contributed by atoms with Crippen molar-refractivity contribution in [1.82, 2.24) is 0 Å². The van der Waals surface area contributed by atoms with E-state index in [-0.39, 0.29) is 11.2 Å². The van der Waals surface area contributed by atoms with Gasteiger partial charge in [0.25, 0.3) is 0 Å². The van der Waals surface area contributed by atoms with E-state index in [0.29, 0.717) is 29.4 Å². The van der Waals surface area contributed by atoms with Crippen molar-refractivity contribution in [1.29, 1.82) is 0 Å². The highest BCUT2D eigenvalue weighted by molar-refractivity contribution is 7.16. The van der Waals surface area contributed by atoms with Gasteiger partial charge in [-0.1, -0.05) is 20.8 Å². The number of carbonyl (C=O) groups excluding carboxylic acids is 1. The molecule has 0 aliphatic carbocycles. The lowest BCUT2D eigenvalue weighted by atomic mass is 9.78. The lowest BCUT2D eigenvalue weighted by molar-refractivity contribution is 0.0911. The first-order chi connectivity index (χ1) is 10.7. The van der Waals surface area contributed by atoms with Gasteiger partial charge in [-0.25, -0.2) is 0 Å². The highest BCUT2D eigenvalue weighted by Crippen LogP contribution is 2.39. The number of rotatable bonds is 8. The van der Waals surface area contributed by atoms with Crippen LogP contribution in [0.2, 0.25) is 0 Å². The molecular formula is C19H31O3P. The zero-order chi connectivity index (χ0) is 17.8. The summed E-state index contributed by atoms with van der Waals surface area (Å²) >= 11 is 0. The Morgan fingerprint density at radius 1 is 1.17 bits per heavy atom. The van der Waals surface area contributed by atoms with E-state index in [4.69, 9.17) is 9.47 Å². The quantitative estimate of drug-likeness (QED) is 0.503. The second-order valence-electron chi connectivity index (χ2n) is 7.26. The smallest absolute Gasteiger partial charge is 0.170 e. The maximum atomic E-state index is 13.0. The molecule has 0 aliphatic rings. The average molecular weight is 338 g/mol. The normalized spacial score (nSPS) is 12.9. The minimum absolute atomic E-state index is 0.0548. The van der Waals surface area contributed by atoms with Gasteiger partial charge in [0.05, 0.1) is 14.2 Å². The monoisotopic (exact) mass is 338 g/mol. The van der Waals surface area contributed by atoms with E-state index < -0.39 is 0 Å². The summed E-state index contributed by atoms with van der Waals surface area (Å²) in [4.78, 5) is 13.0. The van der Waals surface area contributed by atoms with Gasteiger partial charge in [-0.2, -0.15) is 0 Å². The summed E-state index contributed by atoms with van der Waals surface area (Å²) in [6.45, 7) is 10.5. The molecule has 0 saturated heterocycles. The molecule has 0 radical (unpaired) electrons. The van der Waals surface area contributed by atoms with Crippen molar-refractivity contribution in [2.75, 3.05) is 20.4 Å². The highest BCUT2D eigenvalue weighted by Gasteiger charge is 2.29. The zero-order valence-corrected chi connectivity index (χ0v) is 16.7. The number of ketones is 1. The van der Waals surface area contributed by atoms with E-state index in [1.54, 1.807) is 14.2 Å². The summed E-state index contributed by atoms with van der Waals surface area (Å²) in [6, 6.07) is 2.00. The number of hydrogen-bond acceptors (Lipinski definition) is 3. The SMILES string of the molecule is COc1c(C)cc(C)c(OC)c1C(=O)CC(C)(C)CC(C)CP. The molecule has 2 unspecified atom stereocenters. The van der Waals surface area contributed by atoms with Gasteiger partial charge in [0, 0.05) is 6.42 Å². The molecule has 4 heteroatoms. The molecule has 0 bridgehead atoms. The molecule has 1 aromatic carbocycles. The predicted octanol–water partition coefficient (Wildman–Crippen LogP) is 4.82. The first-order valence-electron chi connectivity index (χ1n) is 8.12. The van der Waals surface area contributed by atoms with Gasteiger partial charge in [-0.05, 0) is 55.0 Å². The third-order valence-electron chi connectivity index (χ3n) is 4.23. The molecule has 0 aliphatic heterocycles. The number of ether oxygens (including phenoxy) is 2. The maximum Gasteiger partial charge on any atom is 0.170 e. The third-order valence-corrected chi connectivity index (χ3v) is 5.04. The van der Waals surface area contributed by atoms with Gasteiger partial charge >= 0.3 is 0 Å². The molecule has 1 rings (SSSR count).